The van der Waals surface area contributed by atoms with Crippen molar-refractivity contribution in [1.82, 2.24) is 0 Å². The van der Waals surface area contributed by atoms with Crippen molar-refractivity contribution in [3.05, 3.63) is 103 Å². The number of methoxy groups -OCH3 is 1. The Kier molecular flexibility index (Phi) is 4.07. The van der Waals surface area contributed by atoms with E-state index < -0.39 is 0 Å². The van der Waals surface area contributed by atoms with Gasteiger partial charge in [0.25, 0.3) is 0 Å². The molecule has 5 aromatic carbocycles. The zero-order valence-corrected chi connectivity index (χ0v) is 17.1. The van der Waals surface area contributed by atoms with E-state index in [0.717, 1.165) is 33.9 Å². The molecule has 1 aliphatic heterocycles. The molecule has 5 aromatic rings. The van der Waals surface area contributed by atoms with E-state index in [0.29, 0.717) is 0 Å². The fraction of sp³-hybridized carbons (Fsp3) is 0.0714. The number of rotatable bonds is 2. The number of hydrogen-bond acceptors (Lipinski definition) is 3. The number of para-hydroxylation sites is 1. The molecular weight excluding hydrogens is 382 g/mol. The second-order valence-electron chi connectivity index (χ2n) is 7.78. The van der Waals surface area contributed by atoms with Gasteiger partial charge in [0, 0.05) is 28.4 Å². The van der Waals surface area contributed by atoms with Gasteiger partial charge in [0.15, 0.2) is 6.23 Å². The molecule has 1 atom stereocenters. The minimum Gasteiger partial charge on any atom is -0.497 e. The molecule has 0 saturated heterocycles. The van der Waals surface area contributed by atoms with Gasteiger partial charge < -0.3 is 14.8 Å². The standard InChI is InChI=1S/C28H21NO2/c1-30-20-14-15-24-23-12-6-7-13-25(23)29-28(31-26(24)17-20)27-21-10-4-2-8-18(21)16-19-9-3-5-11-22(19)27/h2-17,28-29H,1H3. The Labute approximate surface area is 180 Å². The van der Waals surface area contributed by atoms with Gasteiger partial charge in [-0.25, -0.2) is 0 Å². The van der Waals surface area contributed by atoms with Crippen LogP contribution in [0.15, 0.2) is 97.1 Å². The van der Waals surface area contributed by atoms with Crippen molar-refractivity contribution in [2.24, 2.45) is 0 Å². The van der Waals surface area contributed by atoms with Crippen LogP contribution in [0.5, 0.6) is 11.5 Å². The average molecular weight is 403 g/mol. The molecule has 1 N–H and O–H groups in total. The summed E-state index contributed by atoms with van der Waals surface area (Å²) < 4.78 is 12.2. The summed E-state index contributed by atoms with van der Waals surface area (Å²) >= 11 is 0. The van der Waals surface area contributed by atoms with Crippen molar-refractivity contribution in [3.63, 3.8) is 0 Å². The van der Waals surface area contributed by atoms with Gasteiger partial charge in [0.1, 0.15) is 11.5 Å². The molecule has 0 spiro atoms. The van der Waals surface area contributed by atoms with Crippen molar-refractivity contribution >= 4 is 27.2 Å². The summed E-state index contributed by atoms with van der Waals surface area (Å²) in [4.78, 5) is 0. The molecule has 0 bridgehead atoms. The summed E-state index contributed by atoms with van der Waals surface area (Å²) in [5.74, 6) is 1.58. The van der Waals surface area contributed by atoms with E-state index in [-0.39, 0.29) is 6.23 Å². The van der Waals surface area contributed by atoms with Crippen LogP contribution in [0, 0.1) is 0 Å². The smallest absolute Gasteiger partial charge is 0.197 e. The third-order valence-corrected chi connectivity index (χ3v) is 6.01. The molecule has 0 radical (unpaired) electrons. The van der Waals surface area contributed by atoms with Crippen LogP contribution in [0.3, 0.4) is 0 Å². The van der Waals surface area contributed by atoms with Crippen LogP contribution in [0.1, 0.15) is 11.8 Å². The fourth-order valence-electron chi connectivity index (χ4n) is 4.55. The lowest BCUT2D eigenvalue weighted by Gasteiger charge is -2.23. The van der Waals surface area contributed by atoms with Gasteiger partial charge in [-0.1, -0.05) is 66.7 Å². The number of ether oxygens (including phenoxy) is 2. The van der Waals surface area contributed by atoms with E-state index in [1.54, 1.807) is 7.11 Å². The van der Waals surface area contributed by atoms with E-state index in [4.69, 9.17) is 9.47 Å². The molecule has 0 aliphatic carbocycles. The lowest BCUT2D eigenvalue weighted by Crippen LogP contribution is -2.17. The predicted molar refractivity (Wildman–Crippen MR) is 127 cm³/mol. The SMILES string of the molecule is COc1ccc2c(c1)OC(c1c3ccccc3cc3ccccc13)Nc1ccccc1-2. The largest absolute Gasteiger partial charge is 0.497 e. The number of nitrogens with one attached hydrogen (secondary N) is 1. The molecule has 6 rings (SSSR count). The molecule has 1 unspecified atom stereocenters. The third kappa shape index (κ3) is 2.89. The minimum atomic E-state index is -0.356. The Hall–Kier alpha value is -3.98. The lowest BCUT2D eigenvalue weighted by atomic mass is 9.95. The first-order valence-corrected chi connectivity index (χ1v) is 10.4. The highest BCUT2D eigenvalue weighted by Crippen LogP contribution is 2.45. The maximum absolute atomic E-state index is 6.69. The zero-order valence-electron chi connectivity index (χ0n) is 17.1. The minimum absolute atomic E-state index is 0.356. The number of fused-ring (bicyclic) bond motifs is 5. The Morgan fingerprint density at radius 2 is 1.39 bits per heavy atom. The normalized spacial score (nSPS) is 14.8. The van der Waals surface area contributed by atoms with E-state index in [1.165, 1.54) is 21.5 Å². The number of benzene rings is 5. The zero-order chi connectivity index (χ0) is 20.8. The van der Waals surface area contributed by atoms with Crippen LogP contribution in [-0.2, 0) is 0 Å². The molecule has 1 heterocycles. The van der Waals surface area contributed by atoms with Crippen molar-refractivity contribution in [3.8, 4) is 22.6 Å². The molecule has 0 amide bonds. The summed E-state index contributed by atoms with van der Waals surface area (Å²) in [6.07, 6.45) is -0.356. The first-order valence-electron chi connectivity index (χ1n) is 10.4. The predicted octanol–water partition coefficient (Wildman–Crippen LogP) is 7.17. The van der Waals surface area contributed by atoms with Crippen molar-refractivity contribution in [2.75, 3.05) is 12.4 Å². The van der Waals surface area contributed by atoms with Crippen LogP contribution in [0.2, 0.25) is 0 Å². The Bertz CT molecular complexity index is 1390. The molecular formula is C28H21NO2. The molecule has 0 fully saturated rings. The van der Waals surface area contributed by atoms with Gasteiger partial charge in [-0.15, -0.1) is 0 Å². The summed E-state index contributed by atoms with van der Waals surface area (Å²) in [6.45, 7) is 0. The van der Waals surface area contributed by atoms with E-state index in [1.807, 2.05) is 12.1 Å². The molecule has 31 heavy (non-hydrogen) atoms. The second kappa shape index (κ2) is 7.06. The summed E-state index contributed by atoms with van der Waals surface area (Å²) in [5.41, 5.74) is 4.36. The molecule has 150 valence electrons. The highest BCUT2D eigenvalue weighted by molar-refractivity contribution is 6.03. The van der Waals surface area contributed by atoms with Gasteiger partial charge in [-0.05, 0) is 45.8 Å². The number of anilines is 1. The van der Waals surface area contributed by atoms with E-state index in [9.17, 15) is 0 Å². The van der Waals surface area contributed by atoms with Gasteiger partial charge in [0.05, 0.1) is 7.11 Å². The van der Waals surface area contributed by atoms with Crippen LogP contribution in [0.4, 0.5) is 5.69 Å². The van der Waals surface area contributed by atoms with Crippen molar-refractivity contribution < 1.29 is 9.47 Å². The molecule has 0 aromatic heterocycles. The molecule has 3 nitrogen and oxygen atoms in total. The van der Waals surface area contributed by atoms with Crippen LogP contribution in [-0.4, -0.2) is 7.11 Å². The van der Waals surface area contributed by atoms with Gasteiger partial charge in [0.2, 0.25) is 0 Å². The van der Waals surface area contributed by atoms with Crippen LogP contribution in [0.25, 0.3) is 32.7 Å². The fourth-order valence-corrected chi connectivity index (χ4v) is 4.55. The maximum atomic E-state index is 6.69. The summed E-state index contributed by atoms with van der Waals surface area (Å²) in [5, 5.41) is 8.45. The monoisotopic (exact) mass is 403 g/mol. The Morgan fingerprint density at radius 3 is 2.13 bits per heavy atom. The average Bonchev–Trinajstić information content (AvgIpc) is 2.98. The highest BCUT2D eigenvalue weighted by atomic mass is 16.5. The van der Waals surface area contributed by atoms with Crippen LogP contribution >= 0.6 is 0 Å². The number of hydrogen-bond donors (Lipinski definition) is 1. The molecule has 0 saturated carbocycles. The van der Waals surface area contributed by atoms with Gasteiger partial charge >= 0.3 is 0 Å². The third-order valence-electron chi connectivity index (χ3n) is 6.01. The Balaban J connectivity index is 1.64. The lowest BCUT2D eigenvalue weighted by molar-refractivity contribution is 0.240. The highest BCUT2D eigenvalue weighted by Gasteiger charge is 2.26. The van der Waals surface area contributed by atoms with Crippen molar-refractivity contribution in [1.29, 1.82) is 0 Å². The van der Waals surface area contributed by atoms with Crippen molar-refractivity contribution in [2.45, 2.75) is 6.23 Å². The quantitative estimate of drug-likeness (QED) is 0.317. The van der Waals surface area contributed by atoms with Gasteiger partial charge in [-0.2, -0.15) is 0 Å². The van der Waals surface area contributed by atoms with Gasteiger partial charge in [-0.3, -0.25) is 0 Å². The topological polar surface area (TPSA) is 30.5 Å². The Morgan fingerprint density at radius 1 is 0.710 bits per heavy atom. The molecule has 1 aliphatic rings. The molecule has 3 heteroatoms. The van der Waals surface area contributed by atoms with Crippen LogP contribution < -0.4 is 14.8 Å². The summed E-state index contributed by atoms with van der Waals surface area (Å²) in [7, 11) is 1.68. The first-order chi connectivity index (χ1) is 15.3. The van der Waals surface area contributed by atoms with E-state index in [2.05, 4.69) is 90.2 Å². The van der Waals surface area contributed by atoms with E-state index >= 15 is 0 Å². The summed E-state index contributed by atoms with van der Waals surface area (Å²) in [6, 6.07) is 33.6. The maximum Gasteiger partial charge on any atom is 0.197 e. The second-order valence-corrected chi connectivity index (χ2v) is 7.78. The first kappa shape index (κ1) is 17.8.